The quantitative estimate of drug-likeness (QED) is 0.707. The minimum atomic E-state index is -0.131. The van der Waals surface area contributed by atoms with Crippen LogP contribution in [0.3, 0.4) is 0 Å². The number of nitrogens with zero attached hydrogens (tertiary/aromatic N) is 2. The van der Waals surface area contributed by atoms with Crippen molar-refractivity contribution in [2.75, 3.05) is 18.4 Å². The molecule has 0 aliphatic heterocycles. The fourth-order valence-corrected chi connectivity index (χ4v) is 1.67. The molecule has 1 aromatic rings. The first-order valence-electron chi connectivity index (χ1n) is 6.29. The molecule has 0 radical (unpaired) electrons. The van der Waals surface area contributed by atoms with Crippen LogP contribution >= 0.6 is 0 Å². The Morgan fingerprint density at radius 3 is 2.94 bits per heavy atom. The van der Waals surface area contributed by atoms with E-state index < -0.39 is 0 Å². The summed E-state index contributed by atoms with van der Waals surface area (Å²) < 4.78 is 1.58. The molecular formula is C12H18N4O2. The Hall–Kier alpha value is -1.85. The zero-order valence-electron chi connectivity index (χ0n) is 10.5. The summed E-state index contributed by atoms with van der Waals surface area (Å²) in [4.78, 5) is 27.2. The third-order valence-electron chi connectivity index (χ3n) is 2.92. The highest BCUT2D eigenvalue weighted by Crippen LogP contribution is 2.28. The SMILES string of the molecule is CCn1ccnc(NCCNC(=O)C2CC2)c1=O. The van der Waals surface area contributed by atoms with Crippen LogP contribution < -0.4 is 16.2 Å². The molecule has 0 atom stereocenters. The smallest absolute Gasteiger partial charge is 0.293 e. The number of rotatable bonds is 6. The Balaban J connectivity index is 1.79. The molecule has 2 rings (SSSR count). The summed E-state index contributed by atoms with van der Waals surface area (Å²) in [6.45, 7) is 3.54. The molecule has 1 saturated carbocycles. The van der Waals surface area contributed by atoms with E-state index in [0.717, 1.165) is 12.8 Å². The van der Waals surface area contributed by atoms with Gasteiger partial charge < -0.3 is 15.2 Å². The summed E-state index contributed by atoms with van der Waals surface area (Å²) in [5.41, 5.74) is -0.131. The third-order valence-corrected chi connectivity index (χ3v) is 2.92. The zero-order chi connectivity index (χ0) is 13.0. The van der Waals surface area contributed by atoms with Crippen LogP contribution in [-0.2, 0) is 11.3 Å². The van der Waals surface area contributed by atoms with E-state index in [2.05, 4.69) is 15.6 Å². The number of hydrogen-bond donors (Lipinski definition) is 2. The molecule has 0 saturated heterocycles. The van der Waals surface area contributed by atoms with Crippen LogP contribution in [0.5, 0.6) is 0 Å². The number of aryl methyl sites for hydroxylation is 1. The van der Waals surface area contributed by atoms with Gasteiger partial charge in [0.25, 0.3) is 5.56 Å². The van der Waals surface area contributed by atoms with Crippen molar-refractivity contribution < 1.29 is 4.79 Å². The number of nitrogens with one attached hydrogen (secondary N) is 2. The topological polar surface area (TPSA) is 76.0 Å². The van der Waals surface area contributed by atoms with Crippen molar-refractivity contribution in [1.82, 2.24) is 14.9 Å². The lowest BCUT2D eigenvalue weighted by molar-refractivity contribution is -0.122. The van der Waals surface area contributed by atoms with Gasteiger partial charge in [-0.25, -0.2) is 4.98 Å². The monoisotopic (exact) mass is 250 g/mol. The fraction of sp³-hybridized carbons (Fsp3) is 0.583. The molecule has 0 unspecified atom stereocenters. The minimum Gasteiger partial charge on any atom is -0.364 e. The van der Waals surface area contributed by atoms with Gasteiger partial charge in [-0.3, -0.25) is 9.59 Å². The Kier molecular flexibility index (Phi) is 3.96. The summed E-state index contributed by atoms with van der Waals surface area (Å²) in [6, 6.07) is 0. The standard InChI is InChI=1S/C12H18N4O2/c1-2-16-8-7-14-10(12(16)18)13-5-6-15-11(17)9-3-4-9/h7-9H,2-6H2,1H3,(H,13,14)(H,15,17). The van der Waals surface area contributed by atoms with Gasteiger partial charge in [0, 0.05) is 37.9 Å². The second kappa shape index (κ2) is 5.66. The average Bonchev–Trinajstić information content (AvgIpc) is 3.20. The first-order chi connectivity index (χ1) is 8.72. The van der Waals surface area contributed by atoms with Crippen LogP contribution in [0.25, 0.3) is 0 Å². The fourth-order valence-electron chi connectivity index (χ4n) is 1.67. The summed E-state index contributed by atoms with van der Waals surface area (Å²) >= 11 is 0. The van der Waals surface area contributed by atoms with Gasteiger partial charge in [-0.1, -0.05) is 0 Å². The lowest BCUT2D eigenvalue weighted by Crippen LogP contribution is -2.31. The molecule has 1 aromatic heterocycles. The Morgan fingerprint density at radius 1 is 1.50 bits per heavy atom. The van der Waals surface area contributed by atoms with Gasteiger partial charge in [0.1, 0.15) is 0 Å². The first-order valence-corrected chi connectivity index (χ1v) is 6.29. The van der Waals surface area contributed by atoms with Crippen molar-refractivity contribution in [2.45, 2.75) is 26.3 Å². The molecule has 1 fully saturated rings. The van der Waals surface area contributed by atoms with E-state index in [1.165, 1.54) is 0 Å². The van der Waals surface area contributed by atoms with Crippen LogP contribution in [0.1, 0.15) is 19.8 Å². The zero-order valence-corrected chi connectivity index (χ0v) is 10.5. The van der Waals surface area contributed by atoms with Crippen LogP contribution in [0.15, 0.2) is 17.2 Å². The predicted octanol–water partition coefficient (Wildman–Crippen LogP) is 0.201. The Morgan fingerprint density at radius 2 is 2.28 bits per heavy atom. The predicted molar refractivity (Wildman–Crippen MR) is 68.4 cm³/mol. The van der Waals surface area contributed by atoms with E-state index in [9.17, 15) is 9.59 Å². The first kappa shape index (κ1) is 12.6. The molecule has 18 heavy (non-hydrogen) atoms. The second-order valence-electron chi connectivity index (χ2n) is 4.36. The molecule has 2 N–H and O–H groups in total. The van der Waals surface area contributed by atoms with Gasteiger partial charge in [0.15, 0.2) is 5.82 Å². The number of aromatic nitrogens is 2. The number of hydrogen-bond acceptors (Lipinski definition) is 4. The highest BCUT2D eigenvalue weighted by Gasteiger charge is 2.28. The molecule has 1 aliphatic carbocycles. The van der Waals surface area contributed by atoms with Crippen molar-refractivity contribution in [1.29, 1.82) is 0 Å². The van der Waals surface area contributed by atoms with Crippen molar-refractivity contribution in [3.63, 3.8) is 0 Å². The largest absolute Gasteiger partial charge is 0.364 e. The van der Waals surface area contributed by atoms with Crippen molar-refractivity contribution in [3.8, 4) is 0 Å². The normalized spacial score (nSPS) is 14.3. The number of carbonyl (C=O) groups is 1. The number of carbonyl (C=O) groups excluding carboxylic acids is 1. The molecule has 1 heterocycles. The molecular weight excluding hydrogens is 232 g/mol. The maximum absolute atomic E-state index is 11.8. The van der Waals surface area contributed by atoms with Gasteiger partial charge >= 0.3 is 0 Å². The highest BCUT2D eigenvalue weighted by atomic mass is 16.2. The van der Waals surface area contributed by atoms with E-state index in [-0.39, 0.29) is 17.4 Å². The molecule has 1 aliphatic rings. The molecule has 0 bridgehead atoms. The van der Waals surface area contributed by atoms with Crippen molar-refractivity contribution in [3.05, 3.63) is 22.7 Å². The molecule has 0 aromatic carbocycles. The van der Waals surface area contributed by atoms with Crippen LogP contribution in [0, 0.1) is 5.92 Å². The van der Waals surface area contributed by atoms with Gasteiger partial charge in [0.05, 0.1) is 0 Å². The van der Waals surface area contributed by atoms with Crippen LogP contribution in [0.4, 0.5) is 5.82 Å². The molecule has 1 amide bonds. The van der Waals surface area contributed by atoms with Gasteiger partial charge in [-0.2, -0.15) is 0 Å². The Labute approximate surface area is 105 Å². The summed E-state index contributed by atoms with van der Waals surface area (Å²) in [5.74, 6) is 0.668. The molecule has 6 heteroatoms. The lowest BCUT2D eigenvalue weighted by Gasteiger charge is -2.08. The second-order valence-corrected chi connectivity index (χ2v) is 4.36. The van der Waals surface area contributed by atoms with Gasteiger partial charge in [-0.05, 0) is 19.8 Å². The average molecular weight is 250 g/mol. The van der Waals surface area contributed by atoms with E-state index in [1.807, 2.05) is 6.92 Å². The Bertz CT molecular complexity index is 479. The van der Waals surface area contributed by atoms with Gasteiger partial charge in [-0.15, -0.1) is 0 Å². The molecule has 6 nitrogen and oxygen atoms in total. The molecule has 0 spiro atoms. The van der Waals surface area contributed by atoms with Crippen LogP contribution in [-0.4, -0.2) is 28.5 Å². The maximum Gasteiger partial charge on any atom is 0.293 e. The van der Waals surface area contributed by atoms with Crippen molar-refractivity contribution in [2.24, 2.45) is 5.92 Å². The summed E-state index contributed by atoms with van der Waals surface area (Å²) in [7, 11) is 0. The van der Waals surface area contributed by atoms with E-state index in [1.54, 1.807) is 17.0 Å². The van der Waals surface area contributed by atoms with E-state index in [4.69, 9.17) is 0 Å². The lowest BCUT2D eigenvalue weighted by atomic mass is 10.4. The highest BCUT2D eigenvalue weighted by molar-refractivity contribution is 5.80. The number of amides is 1. The number of anilines is 1. The van der Waals surface area contributed by atoms with Gasteiger partial charge in [0.2, 0.25) is 5.91 Å². The molecule has 98 valence electrons. The summed E-state index contributed by atoms with van der Waals surface area (Å²) in [5, 5.41) is 5.77. The maximum atomic E-state index is 11.8. The third kappa shape index (κ3) is 3.09. The van der Waals surface area contributed by atoms with Crippen molar-refractivity contribution >= 4 is 11.7 Å². The minimum absolute atomic E-state index is 0.115. The summed E-state index contributed by atoms with van der Waals surface area (Å²) in [6.07, 6.45) is 5.25. The van der Waals surface area contributed by atoms with E-state index >= 15 is 0 Å². The van der Waals surface area contributed by atoms with E-state index in [0.29, 0.717) is 25.5 Å². The van der Waals surface area contributed by atoms with Crippen LogP contribution in [0.2, 0.25) is 0 Å².